The number of thiazole rings is 1. The molecule has 0 radical (unpaired) electrons. The van der Waals surface area contributed by atoms with E-state index in [-0.39, 0.29) is 17.5 Å². The van der Waals surface area contributed by atoms with Gasteiger partial charge in [0.15, 0.2) is 4.96 Å². The van der Waals surface area contributed by atoms with Crippen molar-refractivity contribution in [3.05, 3.63) is 56.7 Å². The Bertz CT molecular complexity index is 1080. The van der Waals surface area contributed by atoms with Gasteiger partial charge in [-0.3, -0.25) is 18.9 Å². The van der Waals surface area contributed by atoms with Gasteiger partial charge in [-0.1, -0.05) is 6.42 Å². The van der Waals surface area contributed by atoms with Crippen molar-refractivity contribution >= 4 is 22.2 Å². The van der Waals surface area contributed by atoms with E-state index >= 15 is 0 Å². The molecule has 1 fully saturated rings. The van der Waals surface area contributed by atoms with Gasteiger partial charge in [0.05, 0.1) is 11.7 Å². The van der Waals surface area contributed by atoms with Crippen molar-refractivity contribution in [2.45, 2.75) is 38.8 Å². The third-order valence-corrected chi connectivity index (χ3v) is 6.51. The van der Waals surface area contributed by atoms with Gasteiger partial charge in [0.2, 0.25) is 0 Å². The van der Waals surface area contributed by atoms with Gasteiger partial charge in [-0.25, -0.2) is 4.98 Å². The van der Waals surface area contributed by atoms with Crippen LogP contribution in [0.4, 0.5) is 0 Å². The normalized spacial score (nSPS) is 17.9. The lowest BCUT2D eigenvalue weighted by Crippen LogP contribution is -2.35. The van der Waals surface area contributed by atoms with E-state index in [1.165, 1.54) is 11.3 Å². The quantitative estimate of drug-likeness (QED) is 0.732. The molecule has 148 valence electrons. The molecule has 3 aromatic rings. The van der Waals surface area contributed by atoms with Crippen LogP contribution in [0.2, 0.25) is 0 Å². The average molecular weight is 400 g/mol. The Kier molecular flexibility index (Phi) is 5.07. The van der Waals surface area contributed by atoms with Crippen LogP contribution in [0.15, 0.2) is 28.4 Å². The number of piperidine rings is 1. The van der Waals surface area contributed by atoms with E-state index in [4.69, 9.17) is 4.98 Å². The molecule has 0 unspecified atom stereocenters. The van der Waals surface area contributed by atoms with Gasteiger partial charge < -0.3 is 9.88 Å². The number of nitrogens with one attached hydrogen (secondary N) is 1. The molecule has 1 aliphatic heterocycles. The van der Waals surface area contributed by atoms with E-state index in [1.54, 1.807) is 17.5 Å². The Labute approximate surface area is 167 Å². The Balaban J connectivity index is 1.64. The molecule has 0 spiro atoms. The van der Waals surface area contributed by atoms with E-state index in [9.17, 15) is 9.59 Å². The number of hydrogen-bond donors (Lipinski definition) is 1. The predicted molar refractivity (Wildman–Crippen MR) is 110 cm³/mol. The number of aromatic nitrogens is 3. The van der Waals surface area contributed by atoms with E-state index in [0.29, 0.717) is 12.2 Å². The maximum Gasteiger partial charge on any atom is 0.267 e. The highest BCUT2D eigenvalue weighted by atomic mass is 32.1. The lowest BCUT2D eigenvalue weighted by Gasteiger charge is -2.36. The summed E-state index contributed by atoms with van der Waals surface area (Å²) in [4.78, 5) is 32.4. The Morgan fingerprint density at radius 1 is 1.36 bits per heavy atom. The van der Waals surface area contributed by atoms with Gasteiger partial charge in [0.25, 0.3) is 11.5 Å². The minimum Gasteiger partial charge on any atom is -0.354 e. The molecule has 4 heterocycles. The highest BCUT2D eigenvalue weighted by Gasteiger charge is 2.28. The number of hydrogen-bond acceptors (Lipinski definition) is 5. The number of amides is 1. The lowest BCUT2D eigenvalue weighted by molar-refractivity contribution is 0.0952. The summed E-state index contributed by atoms with van der Waals surface area (Å²) in [6.45, 7) is 3.51. The van der Waals surface area contributed by atoms with Gasteiger partial charge in [-0.15, -0.1) is 11.3 Å². The van der Waals surface area contributed by atoms with Crippen LogP contribution in [-0.4, -0.2) is 38.4 Å². The van der Waals surface area contributed by atoms with E-state index < -0.39 is 0 Å². The van der Waals surface area contributed by atoms with Crippen molar-refractivity contribution in [1.29, 1.82) is 0 Å². The van der Waals surface area contributed by atoms with Crippen LogP contribution in [0.25, 0.3) is 4.96 Å². The van der Waals surface area contributed by atoms with Crippen LogP contribution < -0.4 is 10.9 Å². The van der Waals surface area contributed by atoms with Gasteiger partial charge >= 0.3 is 0 Å². The minimum absolute atomic E-state index is 0.0203. The molecule has 3 aromatic heterocycles. The molecule has 1 aliphatic rings. The first-order chi connectivity index (χ1) is 13.5. The van der Waals surface area contributed by atoms with Crippen LogP contribution in [0.5, 0.6) is 0 Å². The molecule has 0 bridgehead atoms. The minimum atomic E-state index is -0.0793. The Morgan fingerprint density at radius 3 is 2.96 bits per heavy atom. The number of nitrogens with zero attached hydrogens (tertiary/aromatic N) is 4. The maximum atomic E-state index is 12.5. The molecule has 4 rings (SSSR count). The highest BCUT2D eigenvalue weighted by Crippen LogP contribution is 2.32. The predicted octanol–water partition coefficient (Wildman–Crippen LogP) is 2.49. The van der Waals surface area contributed by atoms with Crippen LogP contribution in [0.3, 0.4) is 0 Å². The summed E-state index contributed by atoms with van der Waals surface area (Å²) in [7, 11) is 3.59. The highest BCUT2D eigenvalue weighted by molar-refractivity contribution is 7.15. The van der Waals surface area contributed by atoms with Crippen LogP contribution in [0, 0.1) is 6.92 Å². The monoisotopic (exact) mass is 399 g/mol. The summed E-state index contributed by atoms with van der Waals surface area (Å²) in [5, 5.41) is 4.66. The summed E-state index contributed by atoms with van der Waals surface area (Å²) in [6, 6.07) is 5.79. The first-order valence-electron chi connectivity index (χ1n) is 9.58. The van der Waals surface area contributed by atoms with Crippen molar-refractivity contribution in [3.63, 3.8) is 0 Å². The standard InChI is InChI=1S/C20H25N5O2S/c1-13-12-28-20-22-14(10-18(26)25(13)20)11-24-9-5-4-6-16(24)15-7-8-17(23(15)3)19(27)21-2/h7-8,10,12,16H,4-6,9,11H2,1-3H3,(H,21,27)/t16-/m1/s1. The molecular weight excluding hydrogens is 374 g/mol. The zero-order valence-electron chi connectivity index (χ0n) is 16.4. The van der Waals surface area contributed by atoms with Crippen LogP contribution >= 0.6 is 11.3 Å². The molecule has 1 amide bonds. The molecule has 7 nitrogen and oxygen atoms in total. The molecule has 1 N–H and O–H groups in total. The number of rotatable bonds is 4. The fourth-order valence-corrected chi connectivity index (χ4v) is 5.01. The Morgan fingerprint density at radius 2 is 2.18 bits per heavy atom. The summed E-state index contributed by atoms with van der Waals surface area (Å²) >= 11 is 1.50. The largest absolute Gasteiger partial charge is 0.354 e. The zero-order valence-corrected chi connectivity index (χ0v) is 17.3. The number of carbonyl (C=O) groups is 1. The summed E-state index contributed by atoms with van der Waals surface area (Å²) in [5.41, 5.74) is 3.50. The second kappa shape index (κ2) is 7.52. The smallest absolute Gasteiger partial charge is 0.267 e. The third kappa shape index (κ3) is 3.27. The fourth-order valence-electron chi connectivity index (χ4n) is 4.12. The third-order valence-electron chi connectivity index (χ3n) is 5.57. The van der Waals surface area contributed by atoms with Crippen molar-refractivity contribution in [2.75, 3.05) is 13.6 Å². The fraction of sp³-hybridized carbons (Fsp3) is 0.450. The summed E-state index contributed by atoms with van der Waals surface area (Å²) in [5.74, 6) is -0.0793. The first kappa shape index (κ1) is 18.9. The molecule has 0 aromatic carbocycles. The van der Waals surface area contributed by atoms with Crippen LogP contribution in [-0.2, 0) is 13.6 Å². The molecule has 1 saturated heterocycles. The Hall–Kier alpha value is -2.45. The van der Waals surface area contributed by atoms with E-state index in [0.717, 1.165) is 47.8 Å². The summed E-state index contributed by atoms with van der Waals surface area (Å²) < 4.78 is 3.64. The van der Waals surface area contributed by atoms with E-state index in [2.05, 4.69) is 10.2 Å². The van der Waals surface area contributed by atoms with Crippen molar-refractivity contribution < 1.29 is 4.79 Å². The van der Waals surface area contributed by atoms with Crippen LogP contribution in [0.1, 0.15) is 52.9 Å². The van der Waals surface area contributed by atoms with Gasteiger partial charge in [0, 0.05) is 43.5 Å². The van der Waals surface area contributed by atoms with Gasteiger partial charge in [-0.05, 0) is 38.4 Å². The molecule has 8 heteroatoms. The second-order valence-corrected chi connectivity index (χ2v) is 8.18. The zero-order chi connectivity index (χ0) is 19.8. The summed E-state index contributed by atoms with van der Waals surface area (Å²) in [6.07, 6.45) is 3.31. The van der Waals surface area contributed by atoms with Gasteiger partial charge in [0.1, 0.15) is 5.69 Å². The first-order valence-corrected chi connectivity index (χ1v) is 10.5. The molecule has 0 aliphatic carbocycles. The SMILES string of the molecule is CNC(=O)c1ccc([C@H]2CCCCN2Cc2cc(=O)n3c(C)csc3n2)n1C. The topological polar surface area (TPSA) is 71.6 Å². The van der Waals surface area contributed by atoms with Crippen molar-refractivity contribution in [2.24, 2.45) is 7.05 Å². The van der Waals surface area contributed by atoms with Gasteiger partial charge in [-0.2, -0.15) is 0 Å². The molecule has 1 atom stereocenters. The second-order valence-electron chi connectivity index (χ2n) is 7.34. The molecule has 0 saturated carbocycles. The number of carbonyl (C=O) groups excluding carboxylic acids is 1. The number of fused-ring (bicyclic) bond motifs is 1. The number of aryl methyl sites for hydroxylation is 1. The lowest BCUT2D eigenvalue weighted by atomic mass is 9.99. The van der Waals surface area contributed by atoms with Crippen molar-refractivity contribution in [3.8, 4) is 0 Å². The van der Waals surface area contributed by atoms with Crippen molar-refractivity contribution in [1.82, 2.24) is 24.2 Å². The molecular formula is C20H25N5O2S. The molecule has 28 heavy (non-hydrogen) atoms. The average Bonchev–Trinajstić information content (AvgIpc) is 3.25. The maximum absolute atomic E-state index is 12.5. The number of likely N-dealkylation sites (tertiary alicyclic amines) is 1. The van der Waals surface area contributed by atoms with E-state index in [1.807, 2.05) is 36.1 Å².